The predicted molar refractivity (Wildman–Crippen MR) is 132 cm³/mol. The predicted octanol–water partition coefficient (Wildman–Crippen LogP) is 3.86. The lowest BCUT2D eigenvalue weighted by Gasteiger charge is -2.23. The van der Waals surface area contributed by atoms with Crippen molar-refractivity contribution >= 4 is 49.4 Å². The van der Waals surface area contributed by atoms with Crippen LogP contribution in [0, 0.1) is 0 Å². The molecule has 0 radical (unpaired) electrons. The number of carbonyl (C=O) groups excluding carboxylic acids is 1. The van der Waals surface area contributed by atoms with Crippen molar-refractivity contribution in [2.45, 2.75) is 4.90 Å². The number of halogens is 1. The monoisotopic (exact) mass is 514 g/mol. The van der Waals surface area contributed by atoms with E-state index in [1.165, 1.54) is 18.3 Å². The average Bonchev–Trinajstić information content (AvgIpc) is 2.79. The highest BCUT2D eigenvalue weighted by Gasteiger charge is 2.27. The summed E-state index contributed by atoms with van der Waals surface area (Å²) >= 11 is 3.34. The summed E-state index contributed by atoms with van der Waals surface area (Å²) in [6.45, 7) is -0.421. The van der Waals surface area contributed by atoms with E-state index in [2.05, 4.69) is 26.5 Å². The van der Waals surface area contributed by atoms with Gasteiger partial charge in [0.1, 0.15) is 6.54 Å². The van der Waals surface area contributed by atoms with Crippen LogP contribution in [0.5, 0.6) is 0 Å². The van der Waals surface area contributed by atoms with Gasteiger partial charge in [0.05, 0.1) is 16.8 Å². The van der Waals surface area contributed by atoms with Gasteiger partial charge in [0.2, 0.25) is 0 Å². The molecule has 0 atom stereocenters. The van der Waals surface area contributed by atoms with Crippen molar-refractivity contribution in [1.82, 2.24) is 5.43 Å². The first-order valence-electron chi connectivity index (χ1n) is 9.70. The zero-order chi connectivity index (χ0) is 23.1. The molecule has 0 saturated carbocycles. The Morgan fingerprint density at radius 2 is 1.53 bits per heavy atom. The summed E-state index contributed by atoms with van der Waals surface area (Å²) in [6, 6.07) is 22.3. The third kappa shape index (κ3) is 5.95. The molecule has 0 aliphatic rings. The lowest BCUT2D eigenvalue weighted by Crippen LogP contribution is -2.39. The van der Waals surface area contributed by atoms with E-state index < -0.39 is 22.5 Å². The fourth-order valence-corrected chi connectivity index (χ4v) is 4.55. The minimum atomic E-state index is -3.95. The van der Waals surface area contributed by atoms with Crippen LogP contribution in [0.4, 0.5) is 11.4 Å². The standard InChI is InChI=1S/C23H23BrN4O3S/c1-27(2)20-12-8-18(9-13-20)16-25-26-23(29)17-28(21-14-10-19(24)11-15-21)32(30,31)22-6-4-3-5-7-22/h3-16H,17H2,1-2H3,(H,26,29). The molecule has 3 aromatic rings. The van der Waals surface area contributed by atoms with Crippen LogP contribution in [0.2, 0.25) is 0 Å². The van der Waals surface area contributed by atoms with E-state index in [9.17, 15) is 13.2 Å². The van der Waals surface area contributed by atoms with E-state index >= 15 is 0 Å². The van der Waals surface area contributed by atoms with Crippen LogP contribution >= 0.6 is 15.9 Å². The van der Waals surface area contributed by atoms with E-state index in [1.54, 1.807) is 42.5 Å². The van der Waals surface area contributed by atoms with Crippen molar-refractivity contribution in [3.63, 3.8) is 0 Å². The van der Waals surface area contributed by atoms with Gasteiger partial charge in [-0.05, 0) is 54.1 Å². The fourth-order valence-electron chi connectivity index (χ4n) is 2.85. The van der Waals surface area contributed by atoms with E-state index in [4.69, 9.17) is 0 Å². The van der Waals surface area contributed by atoms with Gasteiger partial charge >= 0.3 is 0 Å². The highest BCUT2D eigenvalue weighted by molar-refractivity contribution is 9.10. The number of hydrogen-bond acceptors (Lipinski definition) is 5. The molecule has 0 unspecified atom stereocenters. The normalized spacial score (nSPS) is 11.3. The van der Waals surface area contributed by atoms with E-state index in [0.29, 0.717) is 5.69 Å². The van der Waals surface area contributed by atoms with Crippen molar-refractivity contribution in [1.29, 1.82) is 0 Å². The highest BCUT2D eigenvalue weighted by Crippen LogP contribution is 2.25. The molecule has 0 aliphatic carbocycles. The van der Waals surface area contributed by atoms with Gasteiger partial charge in [-0.25, -0.2) is 13.8 Å². The van der Waals surface area contributed by atoms with Crippen molar-refractivity contribution < 1.29 is 13.2 Å². The smallest absolute Gasteiger partial charge is 0.264 e. The van der Waals surface area contributed by atoms with Gasteiger partial charge in [-0.2, -0.15) is 5.10 Å². The quantitative estimate of drug-likeness (QED) is 0.365. The zero-order valence-corrected chi connectivity index (χ0v) is 20.0. The van der Waals surface area contributed by atoms with E-state index in [0.717, 1.165) is 20.0 Å². The summed E-state index contributed by atoms with van der Waals surface area (Å²) in [4.78, 5) is 14.6. The maximum Gasteiger partial charge on any atom is 0.264 e. The summed E-state index contributed by atoms with van der Waals surface area (Å²) < 4.78 is 28.3. The second-order valence-electron chi connectivity index (χ2n) is 7.08. The van der Waals surface area contributed by atoms with Gasteiger partial charge in [0, 0.05) is 24.3 Å². The van der Waals surface area contributed by atoms with E-state index in [1.807, 2.05) is 43.3 Å². The number of nitrogens with one attached hydrogen (secondary N) is 1. The summed E-state index contributed by atoms with van der Waals surface area (Å²) in [5.74, 6) is -0.561. The van der Waals surface area contributed by atoms with Crippen LogP contribution in [0.15, 0.2) is 93.3 Å². The Bertz CT molecular complexity index is 1180. The van der Waals surface area contributed by atoms with Gasteiger partial charge in [0.15, 0.2) is 0 Å². The molecule has 0 bridgehead atoms. The maximum absolute atomic E-state index is 13.2. The highest BCUT2D eigenvalue weighted by atomic mass is 79.9. The topological polar surface area (TPSA) is 82.1 Å². The number of hydrogen-bond donors (Lipinski definition) is 1. The Morgan fingerprint density at radius 3 is 2.12 bits per heavy atom. The molecule has 9 heteroatoms. The third-order valence-electron chi connectivity index (χ3n) is 4.55. The summed E-state index contributed by atoms with van der Waals surface area (Å²) in [5, 5.41) is 3.96. The first kappa shape index (κ1) is 23.5. The lowest BCUT2D eigenvalue weighted by molar-refractivity contribution is -0.119. The second-order valence-corrected chi connectivity index (χ2v) is 9.86. The Balaban J connectivity index is 1.77. The van der Waals surface area contributed by atoms with E-state index in [-0.39, 0.29) is 4.90 Å². The molecule has 0 heterocycles. The van der Waals surface area contributed by atoms with Gasteiger partial charge in [-0.1, -0.05) is 46.3 Å². The van der Waals surface area contributed by atoms with Crippen molar-refractivity contribution in [2.24, 2.45) is 5.10 Å². The Hall–Kier alpha value is -3.17. The fraction of sp³-hybridized carbons (Fsp3) is 0.130. The lowest BCUT2D eigenvalue weighted by atomic mass is 10.2. The molecule has 0 aromatic heterocycles. The molecule has 0 saturated heterocycles. The first-order chi connectivity index (χ1) is 15.3. The minimum absolute atomic E-state index is 0.0974. The Morgan fingerprint density at radius 1 is 0.938 bits per heavy atom. The molecule has 0 fully saturated rings. The van der Waals surface area contributed by atoms with Crippen LogP contribution in [-0.2, 0) is 14.8 Å². The van der Waals surface area contributed by atoms with Crippen LogP contribution < -0.4 is 14.6 Å². The van der Waals surface area contributed by atoms with Crippen molar-refractivity contribution in [2.75, 3.05) is 29.8 Å². The SMILES string of the molecule is CN(C)c1ccc(C=NNC(=O)CN(c2ccc(Br)cc2)S(=O)(=O)c2ccccc2)cc1. The summed E-state index contributed by atoms with van der Waals surface area (Å²) in [6.07, 6.45) is 1.51. The summed E-state index contributed by atoms with van der Waals surface area (Å²) in [5.41, 5.74) is 4.63. The molecule has 0 aliphatic heterocycles. The Labute approximate surface area is 196 Å². The number of amides is 1. The third-order valence-corrected chi connectivity index (χ3v) is 6.86. The second kappa shape index (κ2) is 10.4. The number of carbonyl (C=O) groups is 1. The number of sulfonamides is 1. The first-order valence-corrected chi connectivity index (χ1v) is 11.9. The number of hydrazone groups is 1. The minimum Gasteiger partial charge on any atom is -0.378 e. The molecule has 1 amide bonds. The van der Waals surface area contributed by atoms with Crippen molar-refractivity contribution in [3.05, 3.63) is 88.9 Å². The van der Waals surface area contributed by atoms with Gasteiger partial charge in [0.25, 0.3) is 15.9 Å². The number of anilines is 2. The molecular formula is C23H23BrN4O3S. The average molecular weight is 515 g/mol. The molecule has 1 N–H and O–H groups in total. The van der Waals surface area contributed by atoms with Gasteiger partial charge in [-0.15, -0.1) is 0 Å². The van der Waals surface area contributed by atoms with Crippen LogP contribution in [0.25, 0.3) is 0 Å². The molecular weight excluding hydrogens is 492 g/mol. The van der Waals surface area contributed by atoms with Crippen molar-refractivity contribution in [3.8, 4) is 0 Å². The molecule has 3 rings (SSSR count). The van der Waals surface area contributed by atoms with Crippen LogP contribution in [0.1, 0.15) is 5.56 Å². The van der Waals surface area contributed by atoms with Gasteiger partial charge in [-0.3, -0.25) is 9.10 Å². The largest absolute Gasteiger partial charge is 0.378 e. The summed E-state index contributed by atoms with van der Waals surface area (Å²) in [7, 11) is -0.0547. The molecule has 7 nitrogen and oxygen atoms in total. The molecule has 3 aromatic carbocycles. The maximum atomic E-state index is 13.2. The van der Waals surface area contributed by atoms with Crippen LogP contribution in [-0.4, -0.2) is 41.2 Å². The number of benzene rings is 3. The van der Waals surface area contributed by atoms with Gasteiger partial charge < -0.3 is 4.90 Å². The molecule has 0 spiro atoms. The Kier molecular flexibility index (Phi) is 7.66. The molecule has 166 valence electrons. The zero-order valence-electron chi connectivity index (χ0n) is 17.6. The number of nitrogens with zero attached hydrogens (tertiary/aromatic N) is 3. The van der Waals surface area contributed by atoms with Crippen LogP contribution in [0.3, 0.4) is 0 Å². The number of rotatable bonds is 8. The molecule has 32 heavy (non-hydrogen) atoms.